The summed E-state index contributed by atoms with van der Waals surface area (Å²) in [6.07, 6.45) is 7.73. The lowest BCUT2D eigenvalue weighted by molar-refractivity contribution is 0.0769. The predicted molar refractivity (Wildman–Crippen MR) is 73.1 cm³/mol. The molecule has 1 aromatic carbocycles. The van der Waals surface area contributed by atoms with Crippen molar-refractivity contribution in [1.82, 2.24) is 4.90 Å². The number of nitrogens with two attached hydrogens (primary N) is 1. The monoisotopic (exact) mass is 242 g/mol. The van der Waals surface area contributed by atoms with Gasteiger partial charge in [-0.05, 0) is 49.4 Å². The highest BCUT2D eigenvalue weighted by molar-refractivity contribution is 5.95. The zero-order chi connectivity index (χ0) is 13.1. The topological polar surface area (TPSA) is 46.3 Å². The Bertz CT molecular complexity index is 477. The lowest BCUT2D eigenvalue weighted by atomic mass is 10.1. The first kappa shape index (κ1) is 12.5. The van der Waals surface area contributed by atoms with Crippen molar-refractivity contribution in [3.05, 3.63) is 29.3 Å². The van der Waals surface area contributed by atoms with E-state index in [1.54, 1.807) is 11.0 Å². The number of carbonyl (C=O) groups excluding carboxylic acids is 1. The number of amides is 1. The minimum Gasteiger partial charge on any atom is -0.399 e. The third-order valence-electron chi connectivity index (χ3n) is 3.09. The Morgan fingerprint density at radius 2 is 2.22 bits per heavy atom. The summed E-state index contributed by atoms with van der Waals surface area (Å²) in [4.78, 5) is 14.1. The molecule has 0 heterocycles. The van der Waals surface area contributed by atoms with Gasteiger partial charge in [-0.25, -0.2) is 0 Å². The molecule has 1 aliphatic rings. The van der Waals surface area contributed by atoms with Crippen LogP contribution in [0.1, 0.15) is 28.8 Å². The molecular formula is C15H18N2O. The fourth-order valence-corrected chi connectivity index (χ4v) is 2.06. The zero-order valence-corrected chi connectivity index (χ0v) is 10.6. The summed E-state index contributed by atoms with van der Waals surface area (Å²) in [6, 6.07) is 5.42. The van der Waals surface area contributed by atoms with E-state index in [4.69, 9.17) is 12.2 Å². The molecule has 3 heteroatoms. The summed E-state index contributed by atoms with van der Waals surface area (Å²) in [6.45, 7) is 3.06. The smallest absolute Gasteiger partial charge is 0.254 e. The minimum atomic E-state index is -0.0183. The van der Waals surface area contributed by atoms with Crippen LogP contribution in [0.2, 0.25) is 0 Å². The molecule has 0 radical (unpaired) electrons. The summed E-state index contributed by atoms with van der Waals surface area (Å²) in [7, 11) is 0. The molecule has 3 nitrogen and oxygen atoms in total. The molecule has 1 aromatic rings. The van der Waals surface area contributed by atoms with Gasteiger partial charge in [0, 0.05) is 17.8 Å². The second-order valence-electron chi connectivity index (χ2n) is 4.97. The molecule has 0 aromatic heterocycles. The Hall–Kier alpha value is -1.95. The Kier molecular flexibility index (Phi) is 3.57. The lowest BCUT2D eigenvalue weighted by Crippen LogP contribution is -2.33. The van der Waals surface area contributed by atoms with Crippen LogP contribution in [0.25, 0.3) is 0 Å². The number of hydrogen-bond acceptors (Lipinski definition) is 2. The molecule has 2 rings (SSSR count). The molecule has 18 heavy (non-hydrogen) atoms. The summed E-state index contributed by atoms with van der Waals surface area (Å²) in [5, 5.41) is 0. The number of anilines is 1. The molecule has 1 saturated carbocycles. The molecule has 0 aliphatic heterocycles. The van der Waals surface area contributed by atoms with E-state index >= 15 is 0 Å². The average molecular weight is 242 g/mol. The van der Waals surface area contributed by atoms with Crippen LogP contribution in [0, 0.1) is 25.2 Å². The zero-order valence-electron chi connectivity index (χ0n) is 10.6. The molecule has 94 valence electrons. The molecule has 0 spiro atoms. The van der Waals surface area contributed by atoms with Crippen LogP contribution < -0.4 is 5.73 Å². The van der Waals surface area contributed by atoms with Gasteiger partial charge < -0.3 is 10.6 Å². The summed E-state index contributed by atoms with van der Waals surface area (Å²) in [5.41, 5.74) is 8.01. The SMILES string of the molecule is C#CCN(CC1CC1)C(=O)c1cc(C)cc(N)c1. The summed E-state index contributed by atoms with van der Waals surface area (Å²) in [5.74, 6) is 3.17. The van der Waals surface area contributed by atoms with Crippen molar-refractivity contribution in [3.63, 3.8) is 0 Å². The van der Waals surface area contributed by atoms with E-state index in [0.717, 1.165) is 12.1 Å². The Morgan fingerprint density at radius 3 is 2.78 bits per heavy atom. The molecule has 0 unspecified atom stereocenters. The molecule has 0 saturated heterocycles. The van der Waals surface area contributed by atoms with Gasteiger partial charge in [-0.2, -0.15) is 0 Å². The first-order valence-corrected chi connectivity index (χ1v) is 6.20. The van der Waals surface area contributed by atoms with Gasteiger partial charge in [-0.3, -0.25) is 4.79 Å². The van der Waals surface area contributed by atoms with Gasteiger partial charge >= 0.3 is 0 Å². The van der Waals surface area contributed by atoms with Crippen LogP contribution in [0.4, 0.5) is 5.69 Å². The van der Waals surface area contributed by atoms with Crippen molar-refractivity contribution in [2.24, 2.45) is 5.92 Å². The van der Waals surface area contributed by atoms with Gasteiger partial charge in [0.1, 0.15) is 0 Å². The Balaban J connectivity index is 2.18. The van der Waals surface area contributed by atoms with Crippen LogP contribution in [0.15, 0.2) is 18.2 Å². The van der Waals surface area contributed by atoms with Crippen molar-refractivity contribution in [1.29, 1.82) is 0 Å². The largest absolute Gasteiger partial charge is 0.399 e. The van der Waals surface area contributed by atoms with Gasteiger partial charge in [0.05, 0.1) is 6.54 Å². The molecule has 1 fully saturated rings. The van der Waals surface area contributed by atoms with E-state index in [1.165, 1.54) is 12.8 Å². The van der Waals surface area contributed by atoms with Crippen LogP contribution in [0.3, 0.4) is 0 Å². The van der Waals surface area contributed by atoms with Gasteiger partial charge in [-0.1, -0.05) is 5.92 Å². The number of terminal acetylenes is 1. The molecule has 1 aliphatic carbocycles. The van der Waals surface area contributed by atoms with E-state index in [0.29, 0.717) is 23.7 Å². The fourth-order valence-electron chi connectivity index (χ4n) is 2.06. The Labute approximate surface area is 108 Å². The number of benzene rings is 1. The number of aryl methyl sites for hydroxylation is 1. The van der Waals surface area contributed by atoms with Crippen molar-refractivity contribution in [2.75, 3.05) is 18.8 Å². The molecule has 2 N–H and O–H groups in total. The maximum absolute atomic E-state index is 12.4. The number of carbonyl (C=O) groups is 1. The maximum Gasteiger partial charge on any atom is 0.254 e. The van der Waals surface area contributed by atoms with Crippen molar-refractivity contribution in [2.45, 2.75) is 19.8 Å². The van der Waals surface area contributed by atoms with E-state index < -0.39 is 0 Å². The molecule has 0 atom stereocenters. The number of nitrogens with zero attached hydrogens (tertiary/aromatic N) is 1. The second-order valence-corrected chi connectivity index (χ2v) is 4.97. The number of nitrogen functional groups attached to an aromatic ring is 1. The number of rotatable bonds is 4. The van der Waals surface area contributed by atoms with Crippen molar-refractivity contribution < 1.29 is 4.79 Å². The van der Waals surface area contributed by atoms with Crippen molar-refractivity contribution >= 4 is 11.6 Å². The fraction of sp³-hybridized carbons (Fsp3) is 0.400. The number of hydrogen-bond donors (Lipinski definition) is 1. The third kappa shape index (κ3) is 3.04. The summed E-state index contributed by atoms with van der Waals surface area (Å²) < 4.78 is 0. The van der Waals surface area contributed by atoms with Gasteiger partial charge in [0.15, 0.2) is 0 Å². The van der Waals surface area contributed by atoms with E-state index in [-0.39, 0.29) is 5.91 Å². The Morgan fingerprint density at radius 1 is 1.50 bits per heavy atom. The van der Waals surface area contributed by atoms with Crippen LogP contribution in [-0.2, 0) is 0 Å². The highest BCUT2D eigenvalue weighted by atomic mass is 16.2. The standard InChI is InChI=1S/C15H18N2O/c1-3-6-17(10-12-4-5-12)15(18)13-7-11(2)8-14(16)9-13/h1,7-9,12H,4-6,10,16H2,2H3. The second kappa shape index (κ2) is 5.14. The van der Waals surface area contributed by atoms with Gasteiger partial charge in [-0.15, -0.1) is 6.42 Å². The van der Waals surface area contributed by atoms with Gasteiger partial charge in [0.25, 0.3) is 5.91 Å². The summed E-state index contributed by atoms with van der Waals surface area (Å²) >= 11 is 0. The van der Waals surface area contributed by atoms with E-state index in [9.17, 15) is 4.79 Å². The first-order chi connectivity index (χ1) is 8.60. The maximum atomic E-state index is 12.4. The first-order valence-electron chi connectivity index (χ1n) is 6.20. The van der Waals surface area contributed by atoms with Crippen LogP contribution in [-0.4, -0.2) is 23.9 Å². The minimum absolute atomic E-state index is 0.0183. The van der Waals surface area contributed by atoms with Gasteiger partial charge in [0.2, 0.25) is 0 Å². The van der Waals surface area contributed by atoms with Crippen LogP contribution >= 0.6 is 0 Å². The molecule has 0 bridgehead atoms. The van der Waals surface area contributed by atoms with Crippen molar-refractivity contribution in [3.8, 4) is 12.3 Å². The highest BCUT2D eigenvalue weighted by Crippen LogP contribution is 2.30. The lowest BCUT2D eigenvalue weighted by Gasteiger charge is -2.20. The van der Waals surface area contributed by atoms with E-state index in [2.05, 4.69) is 5.92 Å². The molecule has 1 amide bonds. The third-order valence-corrected chi connectivity index (χ3v) is 3.09. The predicted octanol–water partition coefficient (Wildman–Crippen LogP) is 2.06. The normalized spacial score (nSPS) is 14.0. The average Bonchev–Trinajstić information content (AvgIpc) is 3.10. The van der Waals surface area contributed by atoms with E-state index in [1.807, 2.05) is 19.1 Å². The molecular weight excluding hydrogens is 224 g/mol. The van der Waals surface area contributed by atoms with Crippen LogP contribution in [0.5, 0.6) is 0 Å². The highest BCUT2D eigenvalue weighted by Gasteiger charge is 2.26. The quantitative estimate of drug-likeness (QED) is 0.649.